The largest absolute Gasteiger partial charge is 0.309 e. The molecule has 1 aliphatic rings. The van der Waals surface area contributed by atoms with Crippen LogP contribution in [0.15, 0.2) is 206 Å². The smallest absolute Gasteiger partial charge is 0.0640 e. The van der Waals surface area contributed by atoms with Crippen LogP contribution in [0.25, 0.3) is 130 Å². The first kappa shape index (κ1) is 33.1. The number of nitrogens with zero attached hydrogens (tertiary/aromatic N) is 2. The molecule has 0 saturated heterocycles. The molecule has 0 unspecified atom stereocenters. The van der Waals surface area contributed by atoms with Crippen LogP contribution in [0.1, 0.15) is 0 Å². The Morgan fingerprint density at radius 2 is 0.885 bits per heavy atom. The van der Waals surface area contributed by atoms with Crippen molar-refractivity contribution in [2.24, 2.45) is 0 Å². The Hall–Kier alpha value is -7.72. The lowest BCUT2D eigenvalue weighted by Crippen LogP contribution is -1.95. The molecule has 10 aromatic carbocycles. The molecule has 0 atom stereocenters. The van der Waals surface area contributed by atoms with Gasteiger partial charge in [-0.3, -0.25) is 0 Å². The fourth-order valence-electron chi connectivity index (χ4n) is 10.6. The summed E-state index contributed by atoms with van der Waals surface area (Å²) in [6.07, 6.45) is 0. The van der Waals surface area contributed by atoms with Crippen molar-refractivity contribution >= 4 is 85.9 Å². The molecule has 0 bridgehead atoms. The fourth-order valence-corrected chi connectivity index (χ4v) is 11.8. The molecule has 3 heterocycles. The SMILES string of the molecule is c1cc(-c2ccc3c4c(cccc24)-c2ccccc2-3)cc(-n2c3ccccc3c3ccc(-c4ccc5c(c4)c4ccccc4n5-c4cccc5c4sc4ccccc45)cc32)c1. The van der Waals surface area contributed by atoms with Crippen LogP contribution in [-0.4, -0.2) is 9.13 Å². The Labute approximate surface area is 355 Å². The highest BCUT2D eigenvalue weighted by molar-refractivity contribution is 7.26. The molecule has 3 heteroatoms. The van der Waals surface area contributed by atoms with Crippen LogP contribution in [0.2, 0.25) is 0 Å². The Morgan fingerprint density at radius 1 is 0.295 bits per heavy atom. The second-order valence-corrected chi connectivity index (χ2v) is 17.5. The van der Waals surface area contributed by atoms with Gasteiger partial charge < -0.3 is 9.13 Å². The molecular formula is C58H34N2S. The van der Waals surface area contributed by atoms with Crippen molar-refractivity contribution < 1.29 is 0 Å². The maximum Gasteiger partial charge on any atom is 0.0640 e. The molecule has 0 spiro atoms. The summed E-state index contributed by atoms with van der Waals surface area (Å²) in [4.78, 5) is 0. The second kappa shape index (κ2) is 12.4. The van der Waals surface area contributed by atoms with E-state index in [1.807, 2.05) is 11.3 Å². The predicted molar refractivity (Wildman–Crippen MR) is 261 cm³/mol. The Kier molecular flexibility index (Phi) is 6.74. The van der Waals surface area contributed by atoms with Crippen LogP contribution in [0.3, 0.4) is 0 Å². The summed E-state index contributed by atoms with van der Waals surface area (Å²) in [5.74, 6) is 0. The molecule has 0 saturated carbocycles. The van der Waals surface area contributed by atoms with Crippen LogP contribution in [0, 0.1) is 0 Å². The molecule has 0 radical (unpaired) electrons. The molecule has 0 fully saturated rings. The average molecular weight is 791 g/mol. The van der Waals surface area contributed by atoms with E-state index < -0.39 is 0 Å². The van der Waals surface area contributed by atoms with Crippen LogP contribution < -0.4 is 0 Å². The van der Waals surface area contributed by atoms with E-state index in [9.17, 15) is 0 Å². The summed E-state index contributed by atoms with van der Waals surface area (Å²) >= 11 is 1.88. The van der Waals surface area contributed by atoms with Gasteiger partial charge in [0, 0.05) is 42.7 Å². The Morgan fingerprint density at radius 3 is 1.75 bits per heavy atom. The summed E-state index contributed by atoms with van der Waals surface area (Å²) in [5, 5.41) is 10.3. The third-order valence-electron chi connectivity index (χ3n) is 13.3. The third-order valence-corrected chi connectivity index (χ3v) is 14.5. The van der Waals surface area contributed by atoms with E-state index in [1.165, 1.54) is 125 Å². The topological polar surface area (TPSA) is 9.86 Å². The van der Waals surface area contributed by atoms with Gasteiger partial charge in [-0.15, -0.1) is 11.3 Å². The normalized spacial score (nSPS) is 12.3. The molecule has 14 rings (SSSR count). The van der Waals surface area contributed by atoms with Gasteiger partial charge in [0.15, 0.2) is 0 Å². The molecule has 61 heavy (non-hydrogen) atoms. The van der Waals surface area contributed by atoms with Crippen LogP contribution in [0.4, 0.5) is 0 Å². The number of rotatable bonds is 4. The van der Waals surface area contributed by atoms with E-state index in [0.717, 1.165) is 5.69 Å². The number of thiophene rings is 1. The Bertz CT molecular complexity index is 3980. The quantitative estimate of drug-likeness (QED) is 0.168. The van der Waals surface area contributed by atoms with Crippen molar-refractivity contribution in [2.45, 2.75) is 0 Å². The van der Waals surface area contributed by atoms with E-state index in [-0.39, 0.29) is 0 Å². The van der Waals surface area contributed by atoms with E-state index >= 15 is 0 Å². The molecule has 0 N–H and O–H groups in total. The van der Waals surface area contributed by atoms with Crippen molar-refractivity contribution in [3.8, 4) is 55.9 Å². The number of hydrogen-bond donors (Lipinski definition) is 0. The predicted octanol–water partition coefficient (Wildman–Crippen LogP) is 16.4. The lowest BCUT2D eigenvalue weighted by atomic mass is 9.94. The van der Waals surface area contributed by atoms with Gasteiger partial charge in [-0.2, -0.15) is 0 Å². The maximum absolute atomic E-state index is 2.47. The number of hydrogen-bond acceptors (Lipinski definition) is 1. The van der Waals surface area contributed by atoms with Crippen molar-refractivity contribution in [2.75, 3.05) is 0 Å². The number of fused-ring (bicyclic) bond motifs is 12. The standard InChI is InChI=1S/C58H34N2S/c1-2-15-41-40(14-1)47-20-10-19-46-39(29-30-48(41)57(46)47)37-12-9-13-38(32-37)59-51-22-6-3-16-42(51)44-28-26-36(34-55(44)59)35-27-31-53-50(33-35)43-17-4-7-23-52(43)60(53)54-24-11-21-49-45-18-5-8-25-56(45)61-58(49)54/h1-34H. The van der Waals surface area contributed by atoms with Crippen LogP contribution in [-0.2, 0) is 0 Å². The minimum Gasteiger partial charge on any atom is -0.309 e. The van der Waals surface area contributed by atoms with Crippen molar-refractivity contribution in [1.82, 2.24) is 9.13 Å². The van der Waals surface area contributed by atoms with E-state index in [2.05, 4.69) is 215 Å². The molecular weight excluding hydrogens is 757 g/mol. The monoisotopic (exact) mass is 790 g/mol. The Balaban J connectivity index is 0.937. The van der Waals surface area contributed by atoms with Crippen LogP contribution >= 0.6 is 11.3 Å². The van der Waals surface area contributed by atoms with Gasteiger partial charge in [0.1, 0.15) is 0 Å². The first-order valence-electron chi connectivity index (χ1n) is 21.0. The number of aromatic nitrogens is 2. The highest BCUT2D eigenvalue weighted by Gasteiger charge is 2.23. The van der Waals surface area contributed by atoms with Gasteiger partial charge in [0.2, 0.25) is 0 Å². The van der Waals surface area contributed by atoms with Gasteiger partial charge in [0.25, 0.3) is 0 Å². The van der Waals surface area contributed by atoms with E-state index in [1.54, 1.807) is 0 Å². The lowest BCUT2D eigenvalue weighted by molar-refractivity contribution is 1.18. The average Bonchev–Trinajstić information content (AvgIpc) is 4.06. The summed E-state index contributed by atoms with van der Waals surface area (Å²) in [6, 6.07) is 76.7. The van der Waals surface area contributed by atoms with Gasteiger partial charge in [-0.25, -0.2) is 0 Å². The zero-order valence-electron chi connectivity index (χ0n) is 32.9. The minimum atomic E-state index is 1.15. The molecule has 0 aliphatic heterocycles. The molecule has 282 valence electrons. The van der Waals surface area contributed by atoms with Crippen molar-refractivity contribution in [3.05, 3.63) is 206 Å². The van der Waals surface area contributed by atoms with E-state index in [4.69, 9.17) is 0 Å². The van der Waals surface area contributed by atoms with Crippen molar-refractivity contribution in [3.63, 3.8) is 0 Å². The summed E-state index contributed by atoms with van der Waals surface area (Å²) in [7, 11) is 0. The molecule has 3 aromatic heterocycles. The first-order chi connectivity index (χ1) is 30.3. The minimum absolute atomic E-state index is 1.15. The fraction of sp³-hybridized carbons (Fsp3) is 0. The van der Waals surface area contributed by atoms with Gasteiger partial charge in [-0.1, -0.05) is 152 Å². The third kappa shape index (κ3) is 4.61. The summed E-state index contributed by atoms with van der Waals surface area (Å²) < 4.78 is 7.57. The summed E-state index contributed by atoms with van der Waals surface area (Å²) in [6.45, 7) is 0. The van der Waals surface area contributed by atoms with Crippen LogP contribution in [0.5, 0.6) is 0 Å². The maximum atomic E-state index is 2.47. The summed E-state index contributed by atoms with van der Waals surface area (Å²) in [5.41, 5.74) is 17.4. The molecule has 2 nitrogen and oxygen atoms in total. The van der Waals surface area contributed by atoms with E-state index in [0.29, 0.717) is 0 Å². The highest BCUT2D eigenvalue weighted by Crippen LogP contribution is 2.49. The first-order valence-corrected chi connectivity index (χ1v) is 21.8. The number of para-hydroxylation sites is 2. The molecule has 0 amide bonds. The molecule has 13 aromatic rings. The zero-order valence-corrected chi connectivity index (χ0v) is 33.7. The zero-order chi connectivity index (χ0) is 39.8. The highest BCUT2D eigenvalue weighted by atomic mass is 32.1. The second-order valence-electron chi connectivity index (χ2n) is 16.4. The van der Waals surface area contributed by atoms with Crippen molar-refractivity contribution in [1.29, 1.82) is 0 Å². The lowest BCUT2D eigenvalue weighted by Gasteiger charge is -2.13. The van der Waals surface area contributed by atoms with Gasteiger partial charge >= 0.3 is 0 Å². The number of benzene rings is 10. The van der Waals surface area contributed by atoms with Gasteiger partial charge in [0.05, 0.1) is 32.5 Å². The van der Waals surface area contributed by atoms with Gasteiger partial charge in [-0.05, 0) is 110 Å². The molecule has 1 aliphatic carbocycles.